The van der Waals surface area contributed by atoms with Gasteiger partial charge in [-0.15, -0.1) is 11.3 Å². The third kappa shape index (κ3) is 2.90. The number of halogens is 1. The molecule has 1 aliphatic carbocycles. The summed E-state index contributed by atoms with van der Waals surface area (Å²) in [4.78, 5) is 13.8. The van der Waals surface area contributed by atoms with Crippen molar-refractivity contribution in [3.63, 3.8) is 0 Å². The average molecular weight is 289 g/mol. The van der Waals surface area contributed by atoms with E-state index in [1.165, 1.54) is 36.3 Å². The minimum absolute atomic E-state index is 0.0113. The van der Waals surface area contributed by atoms with Gasteiger partial charge in [0.25, 0.3) is 5.91 Å². The van der Waals surface area contributed by atoms with Crippen molar-refractivity contribution < 1.29 is 9.18 Å². The van der Waals surface area contributed by atoms with E-state index in [9.17, 15) is 9.18 Å². The lowest BCUT2D eigenvalue weighted by Gasteiger charge is -2.11. The van der Waals surface area contributed by atoms with E-state index >= 15 is 0 Å². The molecule has 3 rings (SSSR count). The van der Waals surface area contributed by atoms with Crippen molar-refractivity contribution in [3.05, 3.63) is 47.1 Å². The molecule has 1 aliphatic rings. The summed E-state index contributed by atoms with van der Waals surface area (Å²) in [6, 6.07) is 10.3. The molecule has 2 aromatic rings. The molecule has 1 heterocycles. The smallest absolute Gasteiger partial charge is 0.261 e. The number of carbonyl (C=O) groups is 1. The van der Waals surface area contributed by atoms with Crippen molar-refractivity contribution in [1.29, 1.82) is 0 Å². The summed E-state index contributed by atoms with van der Waals surface area (Å²) in [6.45, 7) is 2.06. The summed E-state index contributed by atoms with van der Waals surface area (Å²) in [6.07, 6.45) is 2.43. The maximum atomic E-state index is 12.9. The molecular weight excluding hydrogens is 273 g/mol. The van der Waals surface area contributed by atoms with Gasteiger partial charge in [-0.1, -0.05) is 12.1 Å². The van der Waals surface area contributed by atoms with Crippen molar-refractivity contribution in [3.8, 4) is 10.4 Å². The first-order valence-electron chi connectivity index (χ1n) is 6.80. The van der Waals surface area contributed by atoms with Crippen LogP contribution >= 0.6 is 11.3 Å². The molecular formula is C16H16FNOS. The van der Waals surface area contributed by atoms with E-state index in [1.807, 2.05) is 12.1 Å². The average Bonchev–Trinajstić information content (AvgIpc) is 3.17. The fourth-order valence-electron chi connectivity index (χ4n) is 2.22. The van der Waals surface area contributed by atoms with E-state index < -0.39 is 0 Å². The number of hydrogen-bond acceptors (Lipinski definition) is 2. The number of carbonyl (C=O) groups excluding carboxylic acids is 1. The molecule has 1 aromatic carbocycles. The van der Waals surface area contributed by atoms with Gasteiger partial charge in [0.1, 0.15) is 5.82 Å². The molecule has 1 unspecified atom stereocenters. The van der Waals surface area contributed by atoms with Crippen molar-refractivity contribution >= 4 is 17.2 Å². The molecule has 1 fully saturated rings. The topological polar surface area (TPSA) is 29.1 Å². The maximum absolute atomic E-state index is 12.9. The Bertz CT molecular complexity index is 616. The standard InChI is InChI=1S/C16H16FNOS/c1-10(11-2-3-11)18-16(19)15-9-8-14(20-15)12-4-6-13(17)7-5-12/h4-11H,2-3H2,1H3,(H,18,19). The minimum atomic E-state index is -0.249. The first-order chi connectivity index (χ1) is 9.63. The lowest BCUT2D eigenvalue weighted by molar-refractivity contribution is 0.0940. The highest BCUT2D eigenvalue weighted by atomic mass is 32.1. The zero-order chi connectivity index (χ0) is 14.1. The molecule has 20 heavy (non-hydrogen) atoms. The fraction of sp³-hybridized carbons (Fsp3) is 0.312. The number of amides is 1. The van der Waals surface area contributed by atoms with Crippen LogP contribution in [0.1, 0.15) is 29.4 Å². The number of nitrogens with one attached hydrogen (secondary N) is 1. The number of hydrogen-bond donors (Lipinski definition) is 1. The molecule has 0 spiro atoms. The van der Waals surface area contributed by atoms with Crippen molar-refractivity contribution in [2.45, 2.75) is 25.8 Å². The van der Waals surface area contributed by atoms with Crippen LogP contribution in [0.15, 0.2) is 36.4 Å². The van der Waals surface area contributed by atoms with Crippen LogP contribution in [-0.2, 0) is 0 Å². The molecule has 0 bridgehead atoms. The van der Waals surface area contributed by atoms with Gasteiger partial charge in [-0.25, -0.2) is 4.39 Å². The van der Waals surface area contributed by atoms with Crippen molar-refractivity contribution in [2.75, 3.05) is 0 Å². The van der Waals surface area contributed by atoms with Gasteiger partial charge in [0.15, 0.2) is 0 Å². The normalized spacial score (nSPS) is 15.9. The molecule has 1 aromatic heterocycles. The second kappa shape index (κ2) is 5.37. The van der Waals surface area contributed by atoms with Gasteiger partial charge in [-0.3, -0.25) is 4.79 Å². The Morgan fingerprint density at radius 2 is 1.95 bits per heavy atom. The highest BCUT2D eigenvalue weighted by molar-refractivity contribution is 7.17. The molecule has 4 heteroatoms. The van der Waals surface area contributed by atoms with E-state index in [2.05, 4.69) is 12.2 Å². The van der Waals surface area contributed by atoms with Crippen LogP contribution in [0.5, 0.6) is 0 Å². The van der Waals surface area contributed by atoms with Gasteiger partial charge < -0.3 is 5.32 Å². The molecule has 0 saturated heterocycles. The zero-order valence-corrected chi connectivity index (χ0v) is 12.0. The van der Waals surface area contributed by atoms with Gasteiger partial charge in [0, 0.05) is 10.9 Å². The SMILES string of the molecule is CC(NC(=O)c1ccc(-c2ccc(F)cc2)s1)C1CC1. The third-order valence-electron chi connectivity index (χ3n) is 3.65. The molecule has 1 amide bonds. The van der Waals surface area contributed by atoms with E-state index in [1.54, 1.807) is 12.1 Å². The van der Waals surface area contributed by atoms with Gasteiger partial charge in [0.2, 0.25) is 0 Å². The zero-order valence-electron chi connectivity index (χ0n) is 11.2. The summed E-state index contributed by atoms with van der Waals surface area (Å²) in [5, 5.41) is 3.04. The summed E-state index contributed by atoms with van der Waals surface area (Å²) in [5.74, 6) is 0.389. The monoisotopic (exact) mass is 289 g/mol. The number of thiophene rings is 1. The van der Waals surface area contributed by atoms with Crippen LogP contribution in [-0.4, -0.2) is 11.9 Å². The van der Waals surface area contributed by atoms with Crippen LogP contribution in [0.25, 0.3) is 10.4 Å². The Morgan fingerprint density at radius 3 is 2.60 bits per heavy atom. The van der Waals surface area contributed by atoms with Crippen molar-refractivity contribution in [1.82, 2.24) is 5.32 Å². The van der Waals surface area contributed by atoms with Gasteiger partial charge in [-0.05, 0) is 55.5 Å². The second-order valence-corrected chi connectivity index (χ2v) is 6.35. The highest BCUT2D eigenvalue weighted by Gasteiger charge is 2.29. The Kier molecular flexibility index (Phi) is 3.57. The van der Waals surface area contributed by atoms with Crippen LogP contribution in [0.2, 0.25) is 0 Å². The molecule has 0 aliphatic heterocycles. The molecule has 0 radical (unpaired) electrons. The molecule has 1 saturated carbocycles. The minimum Gasteiger partial charge on any atom is -0.349 e. The first kappa shape index (κ1) is 13.3. The highest BCUT2D eigenvalue weighted by Crippen LogP contribution is 2.33. The van der Waals surface area contributed by atoms with Crippen LogP contribution in [0, 0.1) is 11.7 Å². The number of benzene rings is 1. The second-order valence-electron chi connectivity index (χ2n) is 5.27. The Balaban J connectivity index is 1.72. The summed E-state index contributed by atoms with van der Waals surface area (Å²) in [5.41, 5.74) is 0.936. The Labute approximate surface area is 121 Å². The first-order valence-corrected chi connectivity index (χ1v) is 7.62. The van der Waals surface area contributed by atoms with Gasteiger partial charge in [-0.2, -0.15) is 0 Å². The van der Waals surface area contributed by atoms with Crippen molar-refractivity contribution in [2.24, 2.45) is 5.92 Å². The van der Waals surface area contributed by atoms with E-state index in [4.69, 9.17) is 0 Å². The predicted octanol–water partition coefficient (Wildman–Crippen LogP) is 4.08. The van der Waals surface area contributed by atoms with Crippen LogP contribution < -0.4 is 5.32 Å². The van der Waals surface area contributed by atoms with Gasteiger partial charge in [0.05, 0.1) is 4.88 Å². The van der Waals surface area contributed by atoms with Crippen LogP contribution in [0.3, 0.4) is 0 Å². The summed E-state index contributed by atoms with van der Waals surface area (Å²) < 4.78 is 12.9. The fourth-order valence-corrected chi connectivity index (χ4v) is 3.14. The quantitative estimate of drug-likeness (QED) is 0.902. The Morgan fingerprint density at radius 1 is 1.25 bits per heavy atom. The maximum Gasteiger partial charge on any atom is 0.261 e. The number of rotatable bonds is 4. The van der Waals surface area contributed by atoms with Gasteiger partial charge >= 0.3 is 0 Å². The lowest BCUT2D eigenvalue weighted by atomic mass is 10.2. The Hall–Kier alpha value is -1.68. The molecule has 1 N–H and O–H groups in total. The third-order valence-corrected chi connectivity index (χ3v) is 4.78. The summed E-state index contributed by atoms with van der Waals surface area (Å²) >= 11 is 1.44. The van der Waals surface area contributed by atoms with Crippen LogP contribution in [0.4, 0.5) is 4.39 Å². The molecule has 1 atom stereocenters. The van der Waals surface area contributed by atoms with E-state index in [0.717, 1.165) is 10.4 Å². The van der Waals surface area contributed by atoms with E-state index in [0.29, 0.717) is 10.8 Å². The van der Waals surface area contributed by atoms with E-state index in [-0.39, 0.29) is 17.8 Å². The predicted molar refractivity (Wildman–Crippen MR) is 79.4 cm³/mol. The largest absolute Gasteiger partial charge is 0.349 e. The molecule has 104 valence electrons. The summed E-state index contributed by atoms with van der Waals surface area (Å²) in [7, 11) is 0. The molecule has 2 nitrogen and oxygen atoms in total. The lowest BCUT2D eigenvalue weighted by Crippen LogP contribution is -2.33.